The standard InChI is InChI=1S/C20H24N2O3/c1-14-4-7-16(8-5-14)9-11-19(23)21-13-20(24)22-17-12-15(2)6-10-18(17)25-3/h4-8,10,12H,9,11,13H2,1-3H3,(H,21,23)(H,22,24). The van der Waals surface area contributed by atoms with Crippen LogP contribution in [-0.2, 0) is 16.0 Å². The molecule has 0 bridgehead atoms. The van der Waals surface area contributed by atoms with Crippen molar-refractivity contribution >= 4 is 17.5 Å². The minimum absolute atomic E-state index is 0.0656. The second-order valence-electron chi connectivity index (χ2n) is 6.01. The van der Waals surface area contributed by atoms with Crippen LogP contribution in [0.1, 0.15) is 23.1 Å². The quantitative estimate of drug-likeness (QED) is 0.814. The third kappa shape index (κ3) is 5.95. The maximum Gasteiger partial charge on any atom is 0.243 e. The molecule has 2 amide bonds. The number of ether oxygens (including phenoxy) is 1. The van der Waals surface area contributed by atoms with E-state index < -0.39 is 0 Å². The van der Waals surface area contributed by atoms with Crippen molar-refractivity contribution in [3.63, 3.8) is 0 Å². The second-order valence-corrected chi connectivity index (χ2v) is 6.01. The number of rotatable bonds is 7. The number of amides is 2. The van der Waals surface area contributed by atoms with E-state index in [1.807, 2.05) is 50.2 Å². The maximum absolute atomic E-state index is 12.0. The number of carbonyl (C=O) groups is 2. The number of benzene rings is 2. The van der Waals surface area contributed by atoms with Crippen LogP contribution in [0.3, 0.4) is 0 Å². The van der Waals surface area contributed by atoms with Crippen molar-refractivity contribution in [1.29, 1.82) is 0 Å². The van der Waals surface area contributed by atoms with Gasteiger partial charge < -0.3 is 15.4 Å². The Morgan fingerprint density at radius 2 is 1.64 bits per heavy atom. The number of carbonyl (C=O) groups excluding carboxylic acids is 2. The van der Waals surface area contributed by atoms with Gasteiger partial charge in [-0.05, 0) is 43.5 Å². The summed E-state index contributed by atoms with van der Waals surface area (Å²) in [6.07, 6.45) is 1.00. The highest BCUT2D eigenvalue weighted by Gasteiger charge is 2.09. The molecule has 0 spiro atoms. The van der Waals surface area contributed by atoms with Crippen LogP contribution in [0.15, 0.2) is 42.5 Å². The number of nitrogens with one attached hydrogen (secondary N) is 2. The first-order chi connectivity index (χ1) is 12.0. The van der Waals surface area contributed by atoms with E-state index in [-0.39, 0.29) is 18.4 Å². The first-order valence-electron chi connectivity index (χ1n) is 8.24. The summed E-state index contributed by atoms with van der Waals surface area (Å²) in [5, 5.41) is 5.40. The topological polar surface area (TPSA) is 67.4 Å². The average Bonchev–Trinajstić information content (AvgIpc) is 2.59. The van der Waals surface area contributed by atoms with Crippen LogP contribution in [0, 0.1) is 13.8 Å². The molecule has 0 saturated carbocycles. The van der Waals surface area contributed by atoms with Gasteiger partial charge in [-0.2, -0.15) is 0 Å². The molecule has 0 heterocycles. The Labute approximate surface area is 148 Å². The highest BCUT2D eigenvalue weighted by molar-refractivity contribution is 5.95. The number of hydrogen-bond donors (Lipinski definition) is 2. The summed E-state index contributed by atoms with van der Waals surface area (Å²) in [4.78, 5) is 23.9. The monoisotopic (exact) mass is 340 g/mol. The van der Waals surface area contributed by atoms with E-state index in [9.17, 15) is 9.59 Å². The Morgan fingerprint density at radius 1 is 0.960 bits per heavy atom. The molecular formula is C20H24N2O3. The smallest absolute Gasteiger partial charge is 0.243 e. The summed E-state index contributed by atoms with van der Waals surface area (Å²) < 4.78 is 5.22. The number of hydrogen-bond acceptors (Lipinski definition) is 3. The molecule has 0 saturated heterocycles. The van der Waals surface area contributed by atoms with E-state index in [4.69, 9.17) is 4.74 Å². The van der Waals surface area contributed by atoms with E-state index >= 15 is 0 Å². The zero-order valence-electron chi connectivity index (χ0n) is 14.9. The Kier molecular flexibility index (Phi) is 6.57. The van der Waals surface area contributed by atoms with Crippen molar-refractivity contribution in [2.75, 3.05) is 19.0 Å². The first-order valence-corrected chi connectivity index (χ1v) is 8.24. The summed E-state index contributed by atoms with van der Waals surface area (Å²) in [7, 11) is 1.55. The highest BCUT2D eigenvalue weighted by Crippen LogP contribution is 2.24. The SMILES string of the molecule is COc1ccc(C)cc1NC(=O)CNC(=O)CCc1ccc(C)cc1. The fourth-order valence-corrected chi connectivity index (χ4v) is 2.39. The van der Waals surface area contributed by atoms with Gasteiger partial charge >= 0.3 is 0 Å². The molecule has 0 atom stereocenters. The molecule has 0 radical (unpaired) electrons. The van der Waals surface area contributed by atoms with Gasteiger partial charge in [-0.25, -0.2) is 0 Å². The summed E-state index contributed by atoms with van der Waals surface area (Å²) >= 11 is 0. The van der Waals surface area contributed by atoms with Crippen molar-refractivity contribution < 1.29 is 14.3 Å². The molecule has 2 rings (SSSR count). The number of anilines is 1. The number of methoxy groups -OCH3 is 1. The van der Waals surface area contributed by atoms with Gasteiger partial charge in [0.15, 0.2) is 0 Å². The van der Waals surface area contributed by atoms with Crippen LogP contribution in [0.5, 0.6) is 5.75 Å². The van der Waals surface area contributed by atoms with Gasteiger partial charge in [0.1, 0.15) is 5.75 Å². The average molecular weight is 340 g/mol. The second kappa shape index (κ2) is 8.87. The van der Waals surface area contributed by atoms with Crippen LogP contribution in [0.4, 0.5) is 5.69 Å². The van der Waals surface area contributed by atoms with E-state index in [0.717, 1.165) is 11.1 Å². The molecule has 0 fully saturated rings. The fourth-order valence-electron chi connectivity index (χ4n) is 2.39. The van der Waals surface area contributed by atoms with Gasteiger partial charge in [-0.1, -0.05) is 35.9 Å². The third-order valence-corrected chi connectivity index (χ3v) is 3.84. The maximum atomic E-state index is 12.0. The zero-order chi connectivity index (χ0) is 18.2. The molecule has 2 N–H and O–H groups in total. The lowest BCUT2D eigenvalue weighted by Crippen LogP contribution is -2.33. The highest BCUT2D eigenvalue weighted by atomic mass is 16.5. The predicted molar refractivity (Wildman–Crippen MR) is 98.9 cm³/mol. The lowest BCUT2D eigenvalue weighted by Gasteiger charge is -2.11. The van der Waals surface area contributed by atoms with Crippen molar-refractivity contribution in [3.05, 3.63) is 59.2 Å². The van der Waals surface area contributed by atoms with Crippen LogP contribution >= 0.6 is 0 Å². The first kappa shape index (κ1) is 18.5. The number of aryl methyl sites for hydroxylation is 3. The van der Waals surface area contributed by atoms with Crippen molar-refractivity contribution in [2.24, 2.45) is 0 Å². The minimum Gasteiger partial charge on any atom is -0.495 e. The Morgan fingerprint density at radius 3 is 2.32 bits per heavy atom. The lowest BCUT2D eigenvalue weighted by atomic mass is 10.1. The van der Waals surface area contributed by atoms with Gasteiger partial charge in [0.05, 0.1) is 19.3 Å². The Hall–Kier alpha value is -2.82. The van der Waals surface area contributed by atoms with Crippen molar-refractivity contribution in [1.82, 2.24) is 5.32 Å². The van der Waals surface area contributed by atoms with Crippen LogP contribution in [0.2, 0.25) is 0 Å². The van der Waals surface area contributed by atoms with E-state index in [0.29, 0.717) is 24.3 Å². The van der Waals surface area contributed by atoms with Gasteiger partial charge in [-0.15, -0.1) is 0 Å². The van der Waals surface area contributed by atoms with Crippen LogP contribution in [0.25, 0.3) is 0 Å². The summed E-state index contributed by atoms with van der Waals surface area (Å²) in [6, 6.07) is 13.6. The normalized spacial score (nSPS) is 10.2. The van der Waals surface area contributed by atoms with E-state index in [1.165, 1.54) is 5.56 Å². The van der Waals surface area contributed by atoms with E-state index in [1.54, 1.807) is 13.2 Å². The Bertz CT molecular complexity index is 739. The van der Waals surface area contributed by atoms with Crippen molar-refractivity contribution in [3.8, 4) is 5.75 Å². The molecule has 5 nitrogen and oxygen atoms in total. The summed E-state index contributed by atoms with van der Waals surface area (Å²) in [5.41, 5.74) is 3.91. The molecule has 132 valence electrons. The molecule has 2 aromatic rings. The molecule has 0 aliphatic heterocycles. The van der Waals surface area contributed by atoms with Gasteiger partial charge in [0.25, 0.3) is 0 Å². The minimum atomic E-state index is -0.285. The molecule has 5 heteroatoms. The molecule has 0 aromatic heterocycles. The third-order valence-electron chi connectivity index (χ3n) is 3.84. The summed E-state index contributed by atoms with van der Waals surface area (Å²) in [5.74, 6) is 0.157. The van der Waals surface area contributed by atoms with E-state index in [2.05, 4.69) is 10.6 Å². The zero-order valence-corrected chi connectivity index (χ0v) is 14.9. The molecule has 0 unspecified atom stereocenters. The van der Waals surface area contributed by atoms with Crippen LogP contribution in [-0.4, -0.2) is 25.5 Å². The van der Waals surface area contributed by atoms with Crippen LogP contribution < -0.4 is 15.4 Å². The molecule has 25 heavy (non-hydrogen) atoms. The molecule has 2 aromatic carbocycles. The van der Waals surface area contributed by atoms with Gasteiger partial charge in [-0.3, -0.25) is 9.59 Å². The lowest BCUT2D eigenvalue weighted by molar-refractivity contribution is -0.124. The fraction of sp³-hybridized carbons (Fsp3) is 0.300. The van der Waals surface area contributed by atoms with Crippen molar-refractivity contribution in [2.45, 2.75) is 26.7 Å². The van der Waals surface area contributed by atoms with Gasteiger partial charge in [0.2, 0.25) is 11.8 Å². The largest absolute Gasteiger partial charge is 0.495 e. The molecular weight excluding hydrogens is 316 g/mol. The summed E-state index contributed by atoms with van der Waals surface area (Å²) in [6.45, 7) is 3.89. The predicted octanol–water partition coefficient (Wildman–Crippen LogP) is 3.00. The molecule has 0 aliphatic carbocycles. The Balaban J connectivity index is 1.78. The molecule has 0 aliphatic rings. The van der Waals surface area contributed by atoms with Gasteiger partial charge in [0, 0.05) is 6.42 Å².